The molecule has 0 saturated heterocycles. The van der Waals surface area contributed by atoms with Crippen molar-refractivity contribution in [1.29, 1.82) is 0 Å². The Balaban J connectivity index is 2.55. The van der Waals surface area contributed by atoms with Crippen LogP contribution in [-0.2, 0) is 34.7 Å². The van der Waals surface area contributed by atoms with E-state index in [0.717, 1.165) is 11.2 Å². The number of carbonyl (C=O) groups excluding carboxylic acids is 2. The Morgan fingerprint density at radius 1 is 1.38 bits per heavy atom. The summed E-state index contributed by atoms with van der Waals surface area (Å²) in [6, 6.07) is 3.14. The molecule has 1 aliphatic rings. The largest absolute Gasteiger partial charge is 0.456 e. The van der Waals surface area contributed by atoms with Crippen LogP contribution in [0.1, 0.15) is 26.3 Å². The molecule has 24 heavy (non-hydrogen) atoms. The van der Waals surface area contributed by atoms with Gasteiger partial charge in [-0.1, -0.05) is 0 Å². The molecule has 0 bridgehead atoms. The minimum atomic E-state index is -3.71. The lowest BCUT2D eigenvalue weighted by molar-refractivity contribution is -0.142. The molecule has 130 valence electrons. The van der Waals surface area contributed by atoms with Crippen molar-refractivity contribution in [3.8, 4) is 0 Å². The quantitative estimate of drug-likeness (QED) is 0.724. The number of carbonyl (C=O) groups is 2. The Morgan fingerprint density at radius 2 is 1.96 bits per heavy atom. The first kappa shape index (κ1) is 17.9. The molecular formula is C15H18N2O6S. The van der Waals surface area contributed by atoms with Gasteiger partial charge in [0.25, 0.3) is 11.7 Å². The summed E-state index contributed by atoms with van der Waals surface area (Å²) < 4.78 is 35.7. The Kier molecular flexibility index (Phi) is 4.66. The van der Waals surface area contributed by atoms with E-state index >= 15 is 0 Å². The molecule has 1 unspecified atom stereocenters. The lowest BCUT2D eigenvalue weighted by Gasteiger charge is -2.26. The standard InChI is InChI=1S/C15H18N2O6S/c1-5-24(20,21)17(4)14-12(22-10(2)18)13(19)15(3,23-14)11-6-8-16-9-7-11/h6-9H,5H2,1-4H3. The van der Waals surface area contributed by atoms with Gasteiger partial charge in [0.1, 0.15) is 0 Å². The zero-order chi connectivity index (χ0) is 18.1. The maximum atomic E-state index is 12.8. The van der Waals surface area contributed by atoms with E-state index in [2.05, 4.69) is 4.98 Å². The lowest BCUT2D eigenvalue weighted by atomic mass is 9.92. The van der Waals surface area contributed by atoms with E-state index in [1.807, 2.05) is 0 Å². The fourth-order valence-corrected chi connectivity index (χ4v) is 2.98. The summed E-state index contributed by atoms with van der Waals surface area (Å²) in [7, 11) is -2.47. The smallest absolute Gasteiger partial charge is 0.308 e. The van der Waals surface area contributed by atoms with Crippen molar-refractivity contribution in [1.82, 2.24) is 9.29 Å². The van der Waals surface area contributed by atoms with E-state index in [1.165, 1.54) is 33.3 Å². The number of esters is 1. The fraction of sp³-hybridized carbons (Fsp3) is 0.400. The zero-order valence-electron chi connectivity index (χ0n) is 13.8. The van der Waals surface area contributed by atoms with Gasteiger partial charge < -0.3 is 9.47 Å². The van der Waals surface area contributed by atoms with Gasteiger partial charge >= 0.3 is 5.97 Å². The van der Waals surface area contributed by atoms with Gasteiger partial charge in [-0.05, 0) is 26.0 Å². The number of nitrogens with zero attached hydrogens (tertiary/aromatic N) is 2. The number of ketones is 1. The van der Waals surface area contributed by atoms with Crippen LogP contribution in [0, 0.1) is 0 Å². The second-order valence-electron chi connectivity index (χ2n) is 5.30. The maximum Gasteiger partial charge on any atom is 0.308 e. The molecule has 2 heterocycles. The predicted octanol–water partition coefficient (Wildman–Crippen LogP) is 0.910. The van der Waals surface area contributed by atoms with Gasteiger partial charge in [0, 0.05) is 31.9 Å². The molecular weight excluding hydrogens is 336 g/mol. The molecule has 0 amide bonds. The first-order chi connectivity index (χ1) is 11.1. The predicted molar refractivity (Wildman–Crippen MR) is 83.7 cm³/mol. The number of pyridine rings is 1. The van der Waals surface area contributed by atoms with E-state index in [0.29, 0.717) is 5.56 Å². The monoisotopic (exact) mass is 354 g/mol. The van der Waals surface area contributed by atoms with E-state index in [1.54, 1.807) is 12.1 Å². The number of sulfonamides is 1. The number of hydrogen-bond donors (Lipinski definition) is 0. The SMILES string of the molecule is CCS(=O)(=O)N(C)C1=C(OC(C)=O)C(=O)C(C)(c2ccncc2)O1. The molecule has 0 fully saturated rings. The highest BCUT2D eigenvalue weighted by molar-refractivity contribution is 7.89. The van der Waals surface area contributed by atoms with Crippen molar-refractivity contribution in [2.24, 2.45) is 0 Å². The van der Waals surface area contributed by atoms with Crippen LogP contribution in [0.15, 0.2) is 36.2 Å². The van der Waals surface area contributed by atoms with Crippen molar-refractivity contribution >= 4 is 21.8 Å². The molecule has 8 nitrogen and oxygen atoms in total. The molecule has 0 aromatic carbocycles. The molecule has 0 spiro atoms. The number of Topliss-reactive ketones (excluding diaryl/α,β-unsaturated/α-hetero) is 1. The Bertz CT molecular complexity index is 803. The summed E-state index contributed by atoms with van der Waals surface area (Å²) in [6.07, 6.45) is 2.96. The van der Waals surface area contributed by atoms with Gasteiger partial charge in [-0.25, -0.2) is 12.7 Å². The van der Waals surface area contributed by atoms with Gasteiger partial charge in [0.15, 0.2) is 5.60 Å². The highest BCUT2D eigenvalue weighted by Crippen LogP contribution is 2.40. The molecule has 1 atom stereocenters. The van der Waals surface area contributed by atoms with Crippen LogP contribution in [0.3, 0.4) is 0 Å². The van der Waals surface area contributed by atoms with E-state index < -0.39 is 33.1 Å². The number of aromatic nitrogens is 1. The molecule has 2 rings (SSSR count). The second-order valence-corrected chi connectivity index (χ2v) is 7.59. The molecule has 1 aromatic heterocycles. The average Bonchev–Trinajstić information content (AvgIpc) is 2.80. The molecule has 1 aromatic rings. The fourth-order valence-electron chi connectivity index (χ4n) is 2.22. The van der Waals surface area contributed by atoms with Crippen molar-refractivity contribution < 1.29 is 27.5 Å². The Labute approximate surface area is 140 Å². The zero-order valence-corrected chi connectivity index (χ0v) is 14.6. The lowest BCUT2D eigenvalue weighted by Crippen LogP contribution is -2.33. The Morgan fingerprint density at radius 3 is 2.46 bits per heavy atom. The van der Waals surface area contributed by atoms with Gasteiger partial charge in [-0.3, -0.25) is 14.6 Å². The summed E-state index contributed by atoms with van der Waals surface area (Å²) in [5.74, 6) is -2.33. The average molecular weight is 354 g/mol. The third-order valence-electron chi connectivity index (χ3n) is 3.68. The van der Waals surface area contributed by atoms with E-state index in [9.17, 15) is 18.0 Å². The molecule has 0 N–H and O–H groups in total. The highest BCUT2D eigenvalue weighted by atomic mass is 32.2. The second kappa shape index (κ2) is 6.23. The van der Waals surface area contributed by atoms with Crippen molar-refractivity contribution in [2.75, 3.05) is 12.8 Å². The van der Waals surface area contributed by atoms with Crippen LogP contribution < -0.4 is 0 Å². The Hall–Kier alpha value is -2.42. The van der Waals surface area contributed by atoms with Gasteiger partial charge in [0.2, 0.25) is 15.8 Å². The highest BCUT2D eigenvalue weighted by Gasteiger charge is 2.51. The van der Waals surface area contributed by atoms with Crippen LogP contribution in [0.5, 0.6) is 0 Å². The third-order valence-corrected chi connectivity index (χ3v) is 5.41. The molecule has 0 radical (unpaired) electrons. The number of hydrogen-bond acceptors (Lipinski definition) is 7. The first-order valence-corrected chi connectivity index (χ1v) is 8.78. The van der Waals surface area contributed by atoms with E-state index in [-0.39, 0.29) is 11.6 Å². The van der Waals surface area contributed by atoms with Crippen LogP contribution in [0.2, 0.25) is 0 Å². The van der Waals surface area contributed by atoms with Crippen molar-refractivity contribution in [2.45, 2.75) is 26.4 Å². The maximum absolute atomic E-state index is 12.8. The molecule has 0 saturated carbocycles. The number of rotatable bonds is 5. The molecule has 0 aliphatic carbocycles. The van der Waals surface area contributed by atoms with Crippen molar-refractivity contribution in [3.05, 3.63) is 41.7 Å². The minimum Gasteiger partial charge on any atom is -0.456 e. The number of ether oxygens (including phenoxy) is 2. The van der Waals surface area contributed by atoms with Gasteiger partial charge in [0.05, 0.1) is 5.75 Å². The van der Waals surface area contributed by atoms with Crippen LogP contribution in [0.25, 0.3) is 0 Å². The molecule has 1 aliphatic heterocycles. The van der Waals surface area contributed by atoms with Crippen LogP contribution in [0.4, 0.5) is 0 Å². The normalized spacial score (nSPS) is 20.8. The van der Waals surface area contributed by atoms with Crippen molar-refractivity contribution in [3.63, 3.8) is 0 Å². The van der Waals surface area contributed by atoms with Gasteiger partial charge in [-0.15, -0.1) is 0 Å². The molecule has 9 heteroatoms. The van der Waals surface area contributed by atoms with Crippen LogP contribution >= 0.6 is 0 Å². The summed E-state index contributed by atoms with van der Waals surface area (Å²) in [5.41, 5.74) is -1.05. The minimum absolute atomic E-state index is 0.204. The third kappa shape index (κ3) is 2.99. The topological polar surface area (TPSA) is 103 Å². The van der Waals surface area contributed by atoms with E-state index in [4.69, 9.17) is 9.47 Å². The summed E-state index contributed by atoms with van der Waals surface area (Å²) in [6.45, 7) is 4.05. The first-order valence-electron chi connectivity index (χ1n) is 7.17. The van der Waals surface area contributed by atoms with Crippen LogP contribution in [-0.4, -0.2) is 42.3 Å². The summed E-state index contributed by atoms with van der Waals surface area (Å²) >= 11 is 0. The van der Waals surface area contributed by atoms with Gasteiger partial charge in [-0.2, -0.15) is 0 Å². The summed E-state index contributed by atoms with van der Waals surface area (Å²) in [4.78, 5) is 28.0. The summed E-state index contributed by atoms with van der Waals surface area (Å²) in [5, 5.41) is 0.